The first-order valence-corrected chi connectivity index (χ1v) is 9.29. The van der Waals surface area contributed by atoms with Crippen molar-refractivity contribution in [3.8, 4) is 0 Å². The zero-order chi connectivity index (χ0) is 21.3. The molecule has 154 valence electrons. The van der Waals surface area contributed by atoms with E-state index in [2.05, 4.69) is 10.6 Å². The molecular formula is C20H19ClF3N3O2. The van der Waals surface area contributed by atoms with Gasteiger partial charge in [0.1, 0.15) is 6.04 Å². The predicted octanol–water partition coefficient (Wildman–Crippen LogP) is 4.71. The molecule has 3 rings (SSSR count). The minimum Gasteiger partial charge on any atom is -0.374 e. The number of hydrogen-bond donors (Lipinski definition) is 2. The molecule has 0 fully saturated rings. The lowest BCUT2D eigenvalue weighted by atomic mass is 10.1. The van der Waals surface area contributed by atoms with E-state index in [0.29, 0.717) is 18.7 Å². The summed E-state index contributed by atoms with van der Waals surface area (Å²) in [7, 11) is 0. The lowest BCUT2D eigenvalue weighted by Gasteiger charge is -2.19. The first-order valence-electron chi connectivity index (χ1n) is 8.91. The molecule has 1 aliphatic rings. The van der Waals surface area contributed by atoms with Crippen LogP contribution in [0.15, 0.2) is 36.4 Å². The Hall–Kier alpha value is -2.74. The predicted molar refractivity (Wildman–Crippen MR) is 106 cm³/mol. The van der Waals surface area contributed by atoms with Crippen molar-refractivity contribution < 1.29 is 22.8 Å². The lowest BCUT2D eigenvalue weighted by molar-refractivity contribution is -0.137. The van der Waals surface area contributed by atoms with Crippen molar-refractivity contribution in [2.45, 2.75) is 32.5 Å². The standard InChI is InChI=1S/C20H19ClF3N3O2/c1-11(19(29)26-17-5-3-14(21)10-16(17)20(22,23)24)25-15-4-6-18-13(9-15)7-8-27(18)12(2)28/h3-6,9-11,25H,7-8H2,1-2H3,(H,26,29)/t11-/m1/s1. The Morgan fingerprint density at radius 2 is 1.90 bits per heavy atom. The van der Waals surface area contributed by atoms with Crippen LogP contribution in [-0.4, -0.2) is 24.4 Å². The second-order valence-corrected chi connectivity index (χ2v) is 7.24. The van der Waals surface area contributed by atoms with Crippen molar-refractivity contribution in [3.63, 3.8) is 0 Å². The van der Waals surface area contributed by atoms with Gasteiger partial charge in [0.2, 0.25) is 11.8 Å². The molecule has 1 heterocycles. The summed E-state index contributed by atoms with van der Waals surface area (Å²) in [5, 5.41) is 5.22. The lowest BCUT2D eigenvalue weighted by Crippen LogP contribution is -2.32. The zero-order valence-corrected chi connectivity index (χ0v) is 16.5. The van der Waals surface area contributed by atoms with Crippen molar-refractivity contribution in [1.29, 1.82) is 0 Å². The average molecular weight is 426 g/mol. The summed E-state index contributed by atoms with van der Waals surface area (Å²) in [4.78, 5) is 25.7. The Balaban J connectivity index is 1.72. The van der Waals surface area contributed by atoms with Crippen LogP contribution in [0.3, 0.4) is 0 Å². The quantitative estimate of drug-likeness (QED) is 0.746. The van der Waals surface area contributed by atoms with E-state index in [0.717, 1.165) is 23.4 Å². The van der Waals surface area contributed by atoms with Crippen molar-refractivity contribution in [2.75, 3.05) is 22.1 Å². The summed E-state index contributed by atoms with van der Waals surface area (Å²) in [6.07, 6.45) is -3.95. The highest BCUT2D eigenvalue weighted by Crippen LogP contribution is 2.36. The molecule has 9 heteroatoms. The van der Waals surface area contributed by atoms with Gasteiger partial charge in [-0.05, 0) is 55.3 Å². The van der Waals surface area contributed by atoms with Gasteiger partial charge in [-0.1, -0.05) is 11.6 Å². The minimum absolute atomic E-state index is 0.0411. The second-order valence-electron chi connectivity index (χ2n) is 6.81. The fourth-order valence-corrected chi connectivity index (χ4v) is 3.41. The van der Waals surface area contributed by atoms with Gasteiger partial charge >= 0.3 is 6.18 Å². The Bertz CT molecular complexity index is 962. The number of alkyl halides is 3. The fourth-order valence-electron chi connectivity index (χ4n) is 3.24. The number of nitrogens with one attached hydrogen (secondary N) is 2. The maximum atomic E-state index is 13.2. The number of hydrogen-bond acceptors (Lipinski definition) is 3. The highest BCUT2D eigenvalue weighted by molar-refractivity contribution is 6.30. The number of anilines is 3. The molecular weight excluding hydrogens is 407 g/mol. The molecule has 0 bridgehead atoms. The van der Waals surface area contributed by atoms with Crippen LogP contribution < -0.4 is 15.5 Å². The van der Waals surface area contributed by atoms with Crippen molar-refractivity contribution in [3.05, 3.63) is 52.5 Å². The van der Waals surface area contributed by atoms with Crippen LogP contribution in [0.1, 0.15) is 25.0 Å². The molecule has 2 aromatic rings. The molecule has 29 heavy (non-hydrogen) atoms. The molecule has 0 radical (unpaired) electrons. The first-order chi connectivity index (χ1) is 13.6. The third-order valence-corrected chi connectivity index (χ3v) is 4.91. The van der Waals surface area contributed by atoms with Crippen LogP contribution in [0.25, 0.3) is 0 Å². The first kappa shape index (κ1) is 21.0. The van der Waals surface area contributed by atoms with Gasteiger partial charge in [0, 0.05) is 29.9 Å². The Morgan fingerprint density at radius 3 is 2.55 bits per heavy atom. The Morgan fingerprint density at radius 1 is 1.17 bits per heavy atom. The van der Waals surface area contributed by atoms with Crippen molar-refractivity contribution >= 4 is 40.5 Å². The van der Waals surface area contributed by atoms with E-state index < -0.39 is 23.7 Å². The van der Waals surface area contributed by atoms with Gasteiger partial charge in [-0.2, -0.15) is 13.2 Å². The smallest absolute Gasteiger partial charge is 0.374 e. The third kappa shape index (κ3) is 4.64. The number of nitrogens with zero attached hydrogens (tertiary/aromatic N) is 1. The Labute approximate surface area is 170 Å². The van der Waals surface area contributed by atoms with Gasteiger partial charge < -0.3 is 15.5 Å². The number of amides is 2. The highest BCUT2D eigenvalue weighted by atomic mass is 35.5. The van der Waals surface area contributed by atoms with Gasteiger partial charge in [0.15, 0.2) is 0 Å². The largest absolute Gasteiger partial charge is 0.418 e. The number of fused-ring (bicyclic) bond motifs is 1. The number of halogens is 4. The van der Waals surface area contributed by atoms with Crippen LogP contribution in [-0.2, 0) is 22.2 Å². The van der Waals surface area contributed by atoms with Crippen LogP contribution in [0, 0.1) is 0 Å². The van der Waals surface area contributed by atoms with Gasteiger partial charge in [0.05, 0.1) is 11.3 Å². The zero-order valence-electron chi connectivity index (χ0n) is 15.7. The molecule has 0 saturated carbocycles. The van der Waals surface area contributed by atoms with Crippen LogP contribution >= 0.6 is 11.6 Å². The number of carbonyl (C=O) groups is 2. The SMILES string of the molecule is CC(=O)N1CCc2cc(N[C@H](C)C(=O)Nc3ccc(Cl)cc3C(F)(F)F)ccc21. The second kappa shape index (κ2) is 7.94. The van der Waals surface area contributed by atoms with E-state index in [-0.39, 0.29) is 16.6 Å². The maximum Gasteiger partial charge on any atom is 0.418 e. The van der Waals surface area contributed by atoms with Gasteiger partial charge in [0.25, 0.3) is 0 Å². The molecule has 0 aliphatic carbocycles. The van der Waals surface area contributed by atoms with Gasteiger partial charge in [-0.25, -0.2) is 0 Å². The molecule has 0 saturated heterocycles. The average Bonchev–Trinajstić information content (AvgIpc) is 3.05. The molecule has 1 atom stereocenters. The monoisotopic (exact) mass is 425 g/mol. The third-order valence-electron chi connectivity index (χ3n) is 4.68. The fraction of sp³-hybridized carbons (Fsp3) is 0.300. The summed E-state index contributed by atoms with van der Waals surface area (Å²) in [6.45, 7) is 3.65. The van der Waals surface area contributed by atoms with Crippen LogP contribution in [0.2, 0.25) is 5.02 Å². The summed E-state index contributed by atoms with van der Waals surface area (Å²) in [5.41, 5.74) is 1.08. The van der Waals surface area contributed by atoms with E-state index in [4.69, 9.17) is 11.6 Å². The maximum absolute atomic E-state index is 13.2. The van der Waals surface area contributed by atoms with E-state index in [9.17, 15) is 22.8 Å². The van der Waals surface area contributed by atoms with Gasteiger partial charge in [-0.15, -0.1) is 0 Å². The van der Waals surface area contributed by atoms with E-state index in [1.54, 1.807) is 24.0 Å². The minimum atomic E-state index is -4.65. The Kier molecular flexibility index (Phi) is 5.75. The van der Waals surface area contributed by atoms with E-state index in [1.807, 2.05) is 6.07 Å². The molecule has 0 aromatic heterocycles. The summed E-state index contributed by atoms with van der Waals surface area (Å²) < 4.78 is 39.6. The van der Waals surface area contributed by atoms with Crippen molar-refractivity contribution in [2.24, 2.45) is 0 Å². The molecule has 5 nitrogen and oxygen atoms in total. The van der Waals surface area contributed by atoms with Crippen LogP contribution in [0.4, 0.5) is 30.2 Å². The summed E-state index contributed by atoms with van der Waals surface area (Å²) in [5.74, 6) is -0.663. The summed E-state index contributed by atoms with van der Waals surface area (Å²) in [6, 6.07) is 7.75. The molecule has 2 N–H and O–H groups in total. The molecule has 0 unspecified atom stereocenters. The van der Waals surface area contributed by atoms with Crippen LogP contribution in [0.5, 0.6) is 0 Å². The van der Waals surface area contributed by atoms with E-state index >= 15 is 0 Å². The highest BCUT2D eigenvalue weighted by Gasteiger charge is 2.34. The molecule has 2 amide bonds. The summed E-state index contributed by atoms with van der Waals surface area (Å²) >= 11 is 5.66. The normalized spacial score (nSPS) is 14.3. The number of benzene rings is 2. The van der Waals surface area contributed by atoms with E-state index in [1.165, 1.54) is 13.0 Å². The topological polar surface area (TPSA) is 61.4 Å². The number of rotatable bonds is 4. The number of carbonyl (C=O) groups excluding carboxylic acids is 2. The van der Waals surface area contributed by atoms with Crippen molar-refractivity contribution in [1.82, 2.24) is 0 Å². The molecule has 2 aromatic carbocycles. The van der Waals surface area contributed by atoms with Gasteiger partial charge in [-0.3, -0.25) is 9.59 Å². The molecule has 0 spiro atoms. The molecule has 1 aliphatic heterocycles.